The number of thiocarbonyl (C=S) groups is 1. The van der Waals surface area contributed by atoms with Gasteiger partial charge in [-0.05, 0) is 30.4 Å². The van der Waals surface area contributed by atoms with Crippen LogP contribution in [-0.4, -0.2) is 16.3 Å². The Kier molecular flexibility index (Phi) is 5.40. The second-order valence-corrected chi connectivity index (χ2v) is 4.94. The van der Waals surface area contributed by atoms with Crippen LogP contribution in [0.15, 0.2) is 53.6 Å². The van der Waals surface area contributed by atoms with Crippen molar-refractivity contribution < 1.29 is 4.92 Å². The Labute approximate surface area is 136 Å². The van der Waals surface area contributed by atoms with E-state index in [2.05, 4.69) is 15.8 Å². The highest BCUT2D eigenvalue weighted by Gasteiger charge is 2.14. The maximum Gasteiger partial charge on any atom is 0.279 e. The summed E-state index contributed by atoms with van der Waals surface area (Å²) in [7, 11) is 0. The zero-order chi connectivity index (χ0) is 15.9. The zero-order valence-electron chi connectivity index (χ0n) is 11.2. The molecule has 2 aromatic rings. The van der Waals surface area contributed by atoms with Crippen molar-refractivity contribution in [2.24, 2.45) is 5.10 Å². The van der Waals surface area contributed by atoms with Crippen molar-refractivity contribution in [3.63, 3.8) is 0 Å². The van der Waals surface area contributed by atoms with E-state index >= 15 is 0 Å². The van der Waals surface area contributed by atoms with E-state index < -0.39 is 4.92 Å². The highest BCUT2D eigenvalue weighted by molar-refractivity contribution is 7.80. The molecule has 22 heavy (non-hydrogen) atoms. The summed E-state index contributed by atoms with van der Waals surface area (Å²) in [5, 5.41) is 18.2. The van der Waals surface area contributed by atoms with Crippen LogP contribution in [0.3, 0.4) is 0 Å². The van der Waals surface area contributed by atoms with Crippen molar-refractivity contribution in [3.05, 3.63) is 69.2 Å². The van der Waals surface area contributed by atoms with Crippen LogP contribution in [0, 0.1) is 10.1 Å². The zero-order valence-corrected chi connectivity index (χ0v) is 12.8. The summed E-state index contributed by atoms with van der Waals surface area (Å²) < 4.78 is 0. The normalized spacial score (nSPS) is 10.4. The van der Waals surface area contributed by atoms with Crippen LogP contribution in [0.4, 0.5) is 11.4 Å². The molecule has 0 saturated carbocycles. The number of hydrogen-bond donors (Lipinski definition) is 2. The Morgan fingerprint density at radius 1 is 1.23 bits per heavy atom. The Morgan fingerprint density at radius 3 is 2.64 bits per heavy atom. The summed E-state index contributed by atoms with van der Waals surface area (Å²) in [6.45, 7) is 0. The predicted octanol–water partition coefficient (Wildman–Crippen LogP) is 3.57. The fourth-order valence-electron chi connectivity index (χ4n) is 1.65. The van der Waals surface area contributed by atoms with Crippen LogP contribution in [0.25, 0.3) is 0 Å². The summed E-state index contributed by atoms with van der Waals surface area (Å²) in [4.78, 5) is 10.4. The largest absolute Gasteiger partial charge is 0.331 e. The van der Waals surface area contributed by atoms with E-state index in [0.717, 1.165) is 5.69 Å². The third kappa shape index (κ3) is 4.24. The van der Waals surface area contributed by atoms with E-state index in [9.17, 15) is 10.1 Å². The molecule has 0 bridgehead atoms. The SMILES string of the molecule is O=[N+]([O-])c1cccc(Cl)c1/C=N/NC(=S)Nc1ccccc1. The number of para-hydroxylation sites is 1. The smallest absolute Gasteiger partial charge is 0.279 e. The molecule has 0 fully saturated rings. The van der Waals surface area contributed by atoms with Gasteiger partial charge >= 0.3 is 0 Å². The lowest BCUT2D eigenvalue weighted by Crippen LogP contribution is -2.23. The number of benzene rings is 2. The number of nitro benzene ring substituents is 1. The number of nitro groups is 1. The van der Waals surface area contributed by atoms with Crippen molar-refractivity contribution >= 4 is 46.5 Å². The van der Waals surface area contributed by atoms with E-state index in [1.165, 1.54) is 18.3 Å². The fourth-order valence-corrected chi connectivity index (χ4v) is 2.04. The molecule has 0 aliphatic carbocycles. The van der Waals surface area contributed by atoms with Gasteiger partial charge in [-0.2, -0.15) is 5.10 Å². The van der Waals surface area contributed by atoms with E-state index in [4.69, 9.17) is 23.8 Å². The average Bonchev–Trinajstić information content (AvgIpc) is 2.49. The number of halogens is 1. The molecule has 0 heterocycles. The number of hydrogen-bond acceptors (Lipinski definition) is 4. The standard InChI is InChI=1S/C14H11ClN4O2S/c15-12-7-4-8-13(19(20)21)11(12)9-16-18-14(22)17-10-5-2-1-3-6-10/h1-9H,(H2,17,18,22)/b16-9+. The average molecular weight is 335 g/mol. The minimum atomic E-state index is -0.520. The van der Waals surface area contributed by atoms with E-state index in [1.807, 2.05) is 30.3 Å². The van der Waals surface area contributed by atoms with Crippen LogP contribution in [-0.2, 0) is 0 Å². The van der Waals surface area contributed by atoms with Crippen LogP contribution in [0.1, 0.15) is 5.56 Å². The molecule has 0 radical (unpaired) electrons. The van der Waals surface area contributed by atoms with Gasteiger partial charge in [0.25, 0.3) is 5.69 Å². The molecular weight excluding hydrogens is 324 g/mol. The summed E-state index contributed by atoms with van der Waals surface area (Å²) in [5.74, 6) is 0. The molecule has 0 aliphatic heterocycles. The van der Waals surface area contributed by atoms with E-state index in [1.54, 1.807) is 6.07 Å². The maximum atomic E-state index is 10.9. The Balaban J connectivity index is 2.04. The number of hydrazone groups is 1. The van der Waals surface area contributed by atoms with Crippen LogP contribution in [0.5, 0.6) is 0 Å². The molecule has 0 amide bonds. The number of anilines is 1. The third-order valence-electron chi connectivity index (χ3n) is 2.62. The molecule has 0 aromatic heterocycles. The van der Waals surface area contributed by atoms with Crippen molar-refractivity contribution in [1.29, 1.82) is 0 Å². The molecule has 2 aromatic carbocycles. The van der Waals surface area contributed by atoms with Crippen molar-refractivity contribution in [3.8, 4) is 0 Å². The minimum Gasteiger partial charge on any atom is -0.331 e. The predicted molar refractivity (Wildman–Crippen MR) is 91.5 cm³/mol. The van der Waals surface area contributed by atoms with Gasteiger partial charge in [0.1, 0.15) is 0 Å². The van der Waals surface area contributed by atoms with Crippen molar-refractivity contribution in [1.82, 2.24) is 5.43 Å². The lowest BCUT2D eigenvalue weighted by atomic mass is 10.2. The van der Waals surface area contributed by atoms with E-state index in [0.29, 0.717) is 0 Å². The summed E-state index contributed by atoms with van der Waals surface area (Å²) in [5.41, 5.74) is 3.47. The minimum absolute atomic E-state index is 0.125. The molecule has 8 heteroatoms. The van der Waals surface area contributed by atoms with Gasteiger partial charge in [0, 0.05) is 11.8 Å². The fraction of sp³-hybridized carbons (Fsp3) is 0. The van der Waals surface area contributed by atoms with Crippen molar-refractivity contribution in [2.45, 2.75) is 0 Å². The lowest BCUT2D eigenvalue weighted by molar-refractivity contribution is -0.385. The second-order valence-electron chi connectivity index (χ2n) is 4.12. The lowest BCUT2D eigenvalue weighted by Gasteiger charge is -2.06. The summed E-state index contributed by atoms with van der Waals surface area (Å²) in [6.07, 6.45) is 1.26. The molecule has 2 N–H and O–H groups in total. The summed E-state index contributed by atoms with van der Waals surface area (Å²) >= 11 is 11.0. The van der Waals surface area contributed by atoms with Gasteiger partial charge in [-0.3, -0.25) is 15.5 Å². The first-order valence-corrected chi connectivity index (χ1v) is 6.94. The van der Waals surface area contributed by atoms with Crippen molar-refractivity contribution in [2.75, 3.05) is 5.32 Å². The third-order valence-corrected chi connectivity index (χ3v) is 3.14. The Bertz CT molecular complexity index is 722. The molecular formula is C14H11ClN4O2S. The molecule has 0 saturated heterocycles. The van der Waals surface area contributed by atoms with Crippen LogP contribution >= 0.6 is 23.8 Å². The van der Waals surface area contributed by atoms with Gasteiger partial charge < -0.3 is 5.32 Å². The first kappa shape index (κ1) is 15.9. The molecule has 0 atom stereocenters. The number of nitrogens with one attached hydrogen (secondary N) is 2. The molecule has 2 rings (SSSR count). The quantitative estimate of drug-likeness (QED) is 0.387. The molecule has 0 spiro atoms. The summed E-state index contributed by atoms with van der Waals surface area (Å²) in [6, 6.07) is 13.7. The first-order valence-electron chi connectivity index (χ1n) is 6.16. The number of rotatable bonds is 4. The highest BCUT2D eigenvalue weighted by Crippen LogP contribution is 2.24. The van der Waals surface area contributed by atoms with Gasteiger partial charge in [0.15, 0.2) is 5.11 Å². The van der Waals surface area contributed by atoms with Gasteiger partial charge in [0.2, 0.25) is 0 Å². The topological polar surface area (TPSA) is 79.6 Å². The van der Waals surface area contributed by atoms with Gasteiger partial charge in [-0.25, -0.2) is 0 Å². The monoisotopic (exact) mass is 334 g/mol. The van der Waals surface area contributed by atoms with Gasteiger partial charge in [0.05, 0.1) is 21.7 Å². The highest BCUT2D eigenvalue weighted by atomic mass is 35.5. The Hall–Kier alpha value is -2.51. The maximum absolute atomic E-state index is 10.9. The van der Waals surface area contributed by atoms with E-state index in [-0.39, 0.29) is 21.4 Å². The molecule has 0 aliphatic rings. The number of nitrogens with zero attached hydrogens (tertiary/aromatic N) is 2. The van der Waals surface area contributed by atoms with Crippen LogP contribution < -0.4 is 10.7 Å². The molecule has 0 unspecified atom stereocenters. The molecule has 112 valence electrons. The molecule has 6 nitrogen and oxygen atoms in total. The van der Waals surface area contributed by atoms with Gasteiger partial charge in [-0.15, -0.1) is 0 Å². The Morgan fingerprint density at radius 2 is 1.95 bits per heavy atom. The first-order chi connectivity index (χ1) is 10.6. The van der Waals surface area contributed by atoms with Gasteiger partial charge in [-0.1, -0.05) is 35.9 Å². The second kappa shape index (κ2) is 7.48. The van der Waals surface area contributed by atoms with Crippen LogP contribution in [0.2, 0.25) is 5.02 Å².